The maximum Gasteiger partial charge on any atom is 0.220 e. The highest BCUT2D eigenvalue weighted by Crippen LogP contribution is 2.38. The van der Waals surface area contributed by atoms with Gasteiger partial charge in [-0.2, -0.15) is 5.10 Å². The molecule has 0 aliphatic carbocycles. The number of fused-ring (bicyclic) bond motifs is 2. The first-order chi connectivity index (χ1) is 14.5. The number of benzene rings is 2. The monoisotopic (exact) mass is 420 g/mol. The van der Waals surface area contributed by atoms with Crippen molar-refractivity contribution in [3.05, 3.63) is 41.5 Å². The lowest BCUT2D eigenvalue weighted by Gasteiger charge is -2.20. The Kier molecular flexibility index (Phi) is 4.70. The van der Waals surface area contributed by atoms with Crippen molar-refractivity contribution in [2.24, 2.45) is 5.92 Å². The van der Waals surface area contributed by atoms with Gasteiger partial charge in [0.1, 0.15) is 11.9 Å². The third-order valence-electron chi connectivity index (χ3n) is 5.82. The Morgan fingerprint density at radius 3 is 2.93 bits per heavy atom. The van der Waals surface area contributed by atoms with E-state index in [9.17, 15) is 4.79 Å². The van der Waals surface area contributed by atoms with Gasteiger partial charge in [-0.3, -0.25) is 9.48 Å². The van der Waals surface area contributed by atoms with Gasteiger partial charge in [-0.05, 0) is 56.2 Å². The van der Waals surface area contributed by atoms with Crippen molar-refractivity contribution in [2.75, 3.05) is 6.54 Å². The second-order valence-corrected chi connectivity index (χ2v) is 9.08. The first-order valence-corrected chi connectivity index (χ1v) is 11.1. The quantitative estimate of drug-likeness (QED) is 0.514. The van der Waals surface area contributed by atoms with Gasteiger partial charge in [0.2, 0.25) is 5.91 Å². The molecule has 2 aromatic carbocycles. The fourth-order valence-corrected chi connectivity index (χ4v) is 5.00. The van der Waals surface area contributed by atoms with Crippen LogP contribution in [0.4, 0.5) is 0 Å². The number of hydrogen-bond donors (Lipinski definition) is 1. The first kappa shape index (κ1) is 19.1. The Morgan fingerprint density at radius 1 is 1.30 bits per heavy atom. The van der Waals surface area contributed by atoms with Gasteiger partial charge in [-0.25, -0.2) is 4.98 Å². The van der Waals surface area contributed by atoms with E-state index < -0.39 is 0 Å². The number of carbonyl (C=O) groups is 1. The summed E-state index contributed by atoms with van der Waals surface area (Å²) in [6.07, 6.45) is 2.37. The molecule has 7 heteroatoms. The summed E-state index contributed by atoms with van der Waals surface area (Å²) in [5, 5.41) is 9.49. The van der Waals surface area contributed by atoms with E-state index in [-0.39, 0.29) is 17.9 Å². The molecule has 3 heterocycles. The highest BCUT2D eigenvalue weighted by molar-refractivity contribution is 7.18. The number of hydrogen-bond acceptors (Lipinski definition) is 5. The summed E-state index contributed by atoms with van der Waals surface area (Å²) < 4.78 is 9.46. The molecule has 1 fully saturated rings. The molecule has 1 amide bonds. The van der Waals surface area contributed by atoms with Gasteiger partial charge in [0, 0.05) is 30.8 Å². The van der Waals surface area contributed by atoms with E-state index in [1.54, 1.807) is 11.3 Å². The largest absolute Gasteiger partial charge is 0.489 e. The number of carbonyl (C=O) groups excluding carboxylic acids is 1. The van der Waals surface area contributed by atoms with Crippen LogP contribution in [0.2, 0.25) is 0 Å². The molecule has 1 N–H and O–H groups in total. The number of nitrogens with one attached hydrogen (secondary N) is 1. The number of thiazole rings is 1. The van der Waals surface area contributed by atoms with Crippen molar-refractivity contribution >= 4 is 38.4 Å². The van der Waals surface area contributed by atoms with Crippen LogP contribution in [0.25, 0.3) is 32.2 Å². The van der Waals surface area contributed by atoms with Gasteiger partial charge in [0.15, 0.2) is 0 Å². The molecule has 5 rings (SSSR count). The van der Waals surface area contributed by atoms with Gasteiger partial charge in [0.05, 0.1) is 26.9 Å². The molecule has 2 aromatic heterocycles. The van der Waals surface area contributed by atoms with E-state index in [2.05, 4.69) is 47.7 Å². The SMILES string of the molecule is CCn1ncc2cc(-c3cc(O[C@H](C)[C@H]4CNC(=O)C4)c4sc(C)nc4c3)ccc21. The van der Waals surface area contributed by atoms with Crippen molar-refractivity contribution in [3.63, 3.8) is 0 Å². The predicted molar refractivity (Wildman–Crippen MR) is 120 cm³/mol. The third kappa shape index (κ3) is 3.33. The maximum atomic E-state index is 11.6. The van der Waals surface area contributed by atoms with Crippen LogP contribution in [-0.4, -0.2) is 33.3 Å². The first-order valence-electron chi connectivity index (χ1n) is 10.3. The molecule has 154 valence electrons. The minimum absolute atomic E-state index is 0.0601. The average Bonchev–Trinajstić information content (AvgIpc) is 3.44. The van der Waals surface area contributed by atoms with Gasteiger partial charge >= 0.3 is 0 Å². The zero-order chi connectivity index (χ0) is 20.8. The molecule has 0 bridgehead atoms. The van der Waals surface area contributed by atoms with E-state index in [1.807, 2.05) is 24.7 Å². The fourth-order valence-electron chi connectivity index (χ4n) is 4.14. The molecule has 0 unspecified atom stereocenters. The maximum absolute atomic E-state index is 11.6. The number of rotatable bonds is 5. The molecule has 1 aliphatic heterocycles. The van der Waals surface area contributed by atoms with Gasteiger partial charge in [-0.1, -0.05) is 6.07 Å². The Morgan fingerprint density at radius 2 is 2.17 bits per heavy atom. The Bertz CT molecular complexity index is 1260. The van der Waals surface area contributed by atoms with Crippen molar-refractivity contribution in [3.8, 4) is 16.9 Å². The highest BCUT2D eigenvalue weighted by Gasteiger charge is 2.28. The molecule has 2 atom stereocenters. The average molecular weight is 421 g/mol. The van der Waals surface area contributed by atoms with Crippen molar-refractivity contribution in [1.29, 1.82) is 0 Å². The fraction of sp³-hybridized carbons (Fsp3) is 0.348. The Hall–Kier alpha value is -2.93. The van der Waals surface area contributed by atoms with Crippen LogP contribution in [-0.2, 0) is 11.3 Å². The summed E-state index contributed by atoms with van der Waals surface area (Å²) in [6, 6.07) is 10.6. The molecular weight excluding hydrogens is 396 g/mol. The molecule has 1 saturated heterocycles. The molecule has 4 aromatic rings. The van der Waals surface area contributed by atoms with E-state index >= 15 is 0 Å². The van der Waals surface area contributed by atoms with Crippen LogP contribution in [0.15, 0.2) is 36.5 Å². The molecular formula is C23H24N4O2S. The summed E-state index contributed by atoms with van der Waals surface area (Å²) in [7, 11) is 0. The van der Waals surface area contributed by atoms with Crippen molar-refractivity contribution in [2.45, 2.75) is 39.8 Å². The smallest absolute Gasteiger partial charge is 0.220 e. The standard InChI is InChI=1S/C23H24N4O2S/c1-4-27-20-6-5-15(7-18(20)12-25-27)16-8-19-23(30-14(3)26-19)21(9-16)29-13(2)17-10-22(28)24-11-17/h5-9,12-13,17H,4,10-11H2,1-3H3,(H,24,28)/t13-,17-/m1/s1. The third-order valence-corrected chi connectivity index (χ3v) is 6.82. The van der Waals surface area contributed by atoms with Gasteiger partial charge in [0.25, 0.3) is 0 Å². The Labute approximate surface area is 178 Å². The summed E-state index contributed by atoms with van der Waals surface area (Å²) in [5.41, 5.74) is 4.26. The summed E-state index contributed by atoms with van der Waals surface area (Å²) >= 11 is 1.64. The number of aromatic nitrogens is 3. The summed E-state index contributed by atoms with van der Waals surface area (Å²) in [4.78, 5) is 16.3. The van der Waals surface area contributed by atoms with Crippen LogP contribution in [0.1, 0.15) is 25.3 Å². The van der Waals surface area contributed by atoms with Crippen LogP contribution in [0, 0.1) is 12.8 Å². The summed E-state index contributed by atoms with van der Waals surface area (Å²) in [6.45, 7) is 7.67. The lowest BCUT2D eigenvalue weighted by molar-refractivity contribution is -0.119. The number of ether oxygens (including phenoxy) is 1. The van der Waals surface area contributed by atoms with Crippen LogP contribution in [0.5, 0.6) is 5.75 Å². The zero-order valence-electron chi connectivity index (χ0n) is 17.3. The van der Waals surface area contributed by atoms with Crippen molar-refractivity contribution < 1.29 is 9.53 Å². The number of amides is 1. The molecule has 0 spiro atoms. The van der Waals surface area contributed by atoms with Crippen LogP contribution in [0.3, 0.4) is 0 Å². The number of nitrogens with zero attached hydrogens (tertiary/aromatic N) is 3. The highest BCUT2D eigenvalue weighted by atomic mass is 32.1. The van der Waals surface area contributed by atoms with E-state index in [0.29, 0.717) is 13.0 Å². The lowest BCUT2D eigenvalue weighted by Crippen LogP contribution is -2.25. The zero-order valence-corrected chi connectivity index (χ0v) is 18.1. The molecule has 0 saturated carbocycles. The van der Waals surface area contributed by atoms with Gasteiger partial charge < -0.3 is 10.1 Å². The molecule has 30 heavy (non-hydrogen) atoms. The van der Waals surface area contributed by atoms with Crippen LogP contribution >= 0.6 is 11.3 Å². The molecule has 1 aliphatic rings. The van der Waals surface area contributed by atoms with Gasteiger partial charge in [-0.15, -0.1) is 11.3 Å². The molecule has 0 radical (unpaired) electrons. The predicted octanol–water partition coefficient (Wildman–Crippen LogP) is 4.54. The van der Waals surface area contributed by atoms with E-state index in [4.69, 9.17) is 9.72 Å². The topological polar surface area (TPSA) is 69.0 Å². The Balaban J connectivity index is 1.55. The normalized spacial score (nSPS) is 17.6. The van der Waals surface area contributed by atoms with E-state index in [0.717, 1.165) is 49.5 Å². The second-order valence-electron chi connectivity index (χ2n) is 7.88. The summed E-state index contributed by atoms with van der Waals surface area (Å²) in [5.74, 6) is 1.12. The second kappa shape index (κ2) is 7.40. The minimum Gasteiger partial charge on any atom is -0.489 e. The number of aryl methyl sites for hydroxylation is 2. The molecule has 6 nitrogen and oxygen atoms in total. The van der Waals surface area contributed by atoms with E-state index in [1.165, 1.54) is 0 Å². The minimum atomic E-state index is -0.0601. The van der Waals surface area contributed by atoms with Crippen LogP contribution < -0.4 is 10.1 Å². The lowest BCUT2D eigenvalue weighted by atomic mass is 10.0. The van der Waals surface area contributed by atoms with Crippen molar-refractivity contribution in [1.82, 2.24) is 20.1 Å².